The largest absolute Gasteiger partial charge is 0.354 e. The minimum atomic E-state index is 0.127. The fourth-order valence-corrected chi connectivity index (χ4v) is 3.13. The first-order chi connectivity index (χ1) is 5.60. The van der Waals surface area contributed by atoms with Crippen LogP contribution in [0.2, 0.25) is 0 Å². The van der Waals surface area contributed by atoms with Crippen molar-refractivity contribution in [2.45, 2.75) is 45.6 Å². The van der Waals surface area contributed by atoms with Gasteiger partial charge in [0.05, 0.1) is 0 Å². The molecule has 2 aliphatic carbocycles. The maximum atomic E-state index is 10.7. The summed E-state index contributed by atoms with van der Waals surface area (Å²) >= 11 is 0. The first kappa shape index (κ1) is 8.09. The summed E-state index contributed by atoms with van der Waals surface area (Å²) in [6.45, 7) is 3.92. The molecule has 2 aliphatic rings. The molecule has 0 heterocycles. The van der Waals surface area contributed by atoms with E-state index in [1.165, 1.54) is 25.7 Å². The highest BCUT2D eigenvalue weighted by atomic mass is 16.1. The highest BCUT2D eigenvalue weighted by Crippen LogP contribution is 2.58. The van der Waals surface area contributed by atoms with E-state index in [0.29, 0.717) is 11.5 Å². The average Bonchev–Trinajstić information content (AvgIpc) is 1.78. The number of amides is 1. The van der Waals surface area contributed by atoms with Crippen molar-refractivity contribution < 1.29 is 4.79 Å². The number of carbonyl (C=O) groups excluding carboxylic acids is 1. The lowest BCUT2D eigenvalue weighted by Crippen LogP contribution is -2.55. The van der Waals surface area contributed by atoms with Crippen LogP contribution in [0.3, 0.4) is 0 Å². The Bertz CT molecular complexity index is 198. The van der Waals surface area contributed by atoms with Crippen LogP contribution in [-0.4, -0.2) is 11.9 Å². The van der Waals surface area contributed by atoms with Crippen molar-refractivity contribution in [3.8, 4) is 0 Å². The van der Waals surface area contributed by atoms with E-state index < -0.39 is 0 Å². The van der Waals surface area contributed by atoms with Gasteiger partial charge in [0, 0.05) is 13.0 Å². The molecule has 2 fully saturated rings. The standard InChI is InChI=1S/C10H17NO/c1-7-3-10(4-7)5-9(6-10)11-8(2)12/h7,9H,3-6H2,1-2H3,(H,11,12). The quantitative estimate of drug-likeness (QED) is 0.632. The molecule has 0 unspecified atom stereocenters. The Kier molecular flexibility index (Phi) is 1.67. The van der Waals surface area contributed by atoms with Crippen LogP contribution in [0, 0.1) is 11.3 Å². The molecule has 2 rings (SSSR count). The van der Waals surface area contributed by atoms with Gasteiger partial charge in [-0.2, -0.15) is 0 Å². The van der Waals surface area contributed by atoms with Crippen LogP contribution in [0.15, 0.2) is 0 Å². The maximum Gasteiger partial charge on any atom is 0.217 e. The molecule has 2 heteroatoms. The second-order valence-electron chi connectivity index (χ2n) is 4.82. The van der Waals surface area contributed by atoms with Gasteiger partial charge in [-0.05, 0) is 37.0 Å². The van der Waals surface area contributed by atoms with Gasteiger partial charge in [-0.1, -0.05) is 6.92 Å². The van der Waals surface area contributed by atoms with Crippen LogP contribution < -0.4 is 5.32 Å². The van der Waals surface area contributed by atoms with Crippen molar-refractivity contribution in [2.75, 3.05) is 0 Å². The third kappa shape index (κ3) is 1.23. The molecule has 0 radical (unpaired) electrons. The predicted octanol–water partition coefficient (Wildman–Crippen LogP) is 1.70. The molecule has 1 spiro atoms. The number of rotatable bonds is 1. The van der Waals surface area contributed by atoms with Gasteiger partial charge in [-0.15, -0.1) is 0 Å². The Hall–Kier alpha value is -0.530. The van der Waals surface area contributed by atoms with Crippen molar-refractivity contribution in [1.29, 1.82) is 0 Å². The molecule has 0 aromatic rings. The molecular formula is C10H17NO. The summed E-state index contributed by atoms with van der Waals surface area (Å²) in [5.41, 5.74) is 0.659. The molecule has 0 atom stereocenters. The van der Waals surface area contributed by atoms with E-state index >= 15 is 0 Å². The molecule has 12 heavy (non-hydrogen) atoms. The summed E-state index contributed by atoms with van der Waals surface area (Å²) in [4.78, 5) is 10.7. The van der Waals surface area contributed by atoms with Crippen LogP contribution in [0.25, 0.3) is 0 Å². The van der Waals surface area contributed by atoms with Crippen LogP contribution in [0.4, 0.5) is 0 Å². The summed E-state index contributed by atoms with van der Waals surface area (Å²) in [5.74, 6) is 1.06. The maximum absolute atomic E-state index is 10.7. The van der Waals surface area contributed by atoms with E-state index in [1.807, 2.05) is 0 Å². The molecule has 2 saturated carbocycles. The van der Waals surface area contributed by atoms with E-state index in [2.05, 4.69) is 12.2 Å². The zero-order chi connectivity index (χ0) is 8.77. The van der Waals surface area contributed by atoms with Gasteiger partial charge in [-0.25, -0.2) is 0 Å². The highest BCUT2D eigenvalue weighted by molar-refractivity contribution is 5.73. The summed E-state index contributed by atoms with van der Waals surface area (Å²) in [6.07, 6.45) is 5.25. The van der Waals surface area contributed by atoms with Gasteiger partial charge < -0.3 is 5.32 Å². The lowest BCUT2D eigenvalue weighted by Gasteiger charge is -2.57. The summed E-state index contributed by atoms with van der Waals surface area (Å²) in [6, 6.07) is 0.495. The molecule has 0 aliphatic heterocycles. The minimum absolute atomic E-state index is 0.127. The SMILES string of the molecule is CC(=O)NC1CC2(CC(C)C2)C1. The first-order valence-corrected chi connectivity index (χ1v) is 4.87. The monoisotopic (exact) mass is 167 g/mol. The average molecular weight is 167 g/mol. The van der Waals surface area contributed by atoms with E-state index in [4.69, 9.17) is 0 Å². The number of nitrogens with one attached hydrogen (secondary N) is 1. The zero-order valence-corrected chi connectivity index (χ0v) is 7.89. The summed E-state index contributed by atoms with van der Waals surface area (Å²) in [7, 11) is 0. The Labute approximate surface area is 73.7 Å². The molecule has 1 amide bonds. The number of carbonyl (C=O) groups is 1. The molecule has 0 aromatic carbocycles. The molecule has 68 valence electrons. The van der Waals surface area contributed by atoms with Gasteiger partial charge in [0.2, 0.25) is 5.91 Å². The minimum Gasteiger partial charge on any atom is -0.354 e. The van der Waals surface area contributed by atoms with E-state index in [-0.39, 0.29) is 5.91 Å². The number of hydrogen-bond acceptors (Lipinski definition) is 1. The second-order valence-corrected chi connectivity index (χ2v) is 4.82. The van der Waals surface area contributed by atoms with Crippen LogP contribution >= 0.6 is 0 Å². The Balaban J connectivity index is 1.74. The van der Waals surface area contributed by atoms with Crippen LogP contribution in [0.5, 0.6) is 0 Å². The topological polar surface area (TPSA) is 29.1 Å². The van der Waals surface area contributed by atoms with E-state index in [9.17, 15) is 4.79 Å². The third-order valence-electron chi connectivity index (χ3n) is 3.33. The first-order valence-electron chi connectivity index (χ1n) is 4.87. The molecular weight excluding hydrogens is 150 g/mol. The summed E-state index contributed by atoms with van der Waals surface area (Å²) in [5, 5.41) is 2.98. The smallest absolute Gasteiger partial charge is 0.217 e. The van der Waals surface area contributed by atoms with Gasteiger partial charge in [0.25, 0.3) is 0 Å². The second kappa shape index (κ2) is 2.48. The summed E-state index contributed by atoms with van der Waals surface area (Å²) < 4.78 is 0. The van der Waals surface area contributed by atoms with E-state index in [1.54, 1.807) is 6.92 Å². The van der Waals surface area contributed by atoms with Crippen molar-refractivity contribution in [3.63, 3.8) is 0 Å². The Morgan fingerprint density at radius 2 is 1.92 bits per heavy atom. The molecule has 1 N–H and O–H groups in total. The highest BCUT2D eigenvalue weighted by Gasteiger charge is 2.51. The predicted molar refractivity (Wildman–Crippen MR) is 47.7 cm³/mol. The Morgan fingerprint density at radius 1 is 1.33 bits per heavy atom. The van der Waals surface area contributed by atoms with Gasteiger partial charge in [-0.3, -0.25) is 4.79 Å². The fourth-order valence-electron chi connectivity index (χ4n) is 3.13. The fraction of sp³-hybridized carbons (Fsp3) is 0.900. The molecule has 0 bridgehead atoms. The van der Waals surface area contributed by atoms with Crippen molar-refractivity contribution in [2.24, 2.45) is 11.3 Å². The van der Waals surface area contributed by atoms with Gasteiger partial charge >= 0.3 is 0 Å². The lowest BCUT2D eigenvalue weighted by atomic mass is 9.50. The van der Waals surface area contributed by atoms with Crippen molar-refractivity contribution >= 4 is 5.91 Å². The van der Waals surface area contributed by atoms with Gasteiger partial charge in [0.1, 0.15) is 0 Å². The number of hydrogen-bond donors (Lipinski definition) is 1. The Morgan fingerprint density at radius 3 is 2.33 bits per heavy atom. The van der Waals surface area contributed by atoms with Crippen LogP contribution in [0.1, 0.15) is 39.5 Å². The molecule has 2 nitrogen and oxygen atoms in total. The zero-order valence-electron chi connectivity index (χ0n) is 7.89. The van der Waals surface area contributed by atoms with Crippen molar-refractivity contribution in [1.82, 2.24) is 5.32 Å². The molecule has 0 aromatic heterocycles. The normalized spacial score (nSPS) is 44.8. The van der Waals surface area contributed by atoms with Crippen LogP contribution in [-0.2, 0) is 4.79 Å². The lowest BCUT2D eigenvalue weighted by molar-refractivity contribution is -0.123. The van der Waals surface area contributed by atoms with E-state index in [0.717, 1.165) is 5.92 Å². The van der Waals surface area contributed by atoms with Crippen molar-refractivity contribution in [3.05, 3.63) is 0 Å². The third-order valence-corrected chi connectivity index (χ3v) is 3.33. The molecule has 0 saturated heterocycles. The van der Waals surface area contributed by atoms with Gasteiger partial charge in [0.15, 0.2) is 0 Å².